The monoisotopic (exact) mass is 347 g/mol. The molecule has 0 saturated heterocycles. The number of hydrogen-bond donors (Lipinski definition) is 2. The fourth-order valence-corrected chi connectivity index (χ4v) is 3.61. The van der Waals surface area contributed by atoms with Gasteiger partial charge >= 0.3 is 0 Å². The van der Waals surface area contributed by atoms with Crippen LogP contribution in [-0.4, -0.2) is 35.6 Å². The fraction of sp³-hybridized carbons (Fsp3) is 0.412. The lowest BCUT2D eigenvalue weighted by Crippen LogP contribution is -2.12. The number of benzene rings is 1. The third-order valence-electron chi connectivity index (χ3n) is 3.66. The molecule has 1 amide bonds. The molecule has 0 radical (unpaired) electrons. The van der Waals surface area contributed by atoms with Gasteiger partial charge in [0.1, 0.15) is 5.82 Å². The largest absolute Gasteiger partial charge is 0.493 e. The van der Waals surface area contributed by atoms with Gasteiger partial charge in [-0.1, -0.05) is 19.9 Å². The van der Waals surface area contributed by atoms with E-state index in [1.165, 1.54) is 0 Å². The molecule has 0 aliphatic carbocycles. The standard InChI is InChI=1S/C17H21N3O3S/c1-10(2)8-23-14-6-11(4-5-13(14)22-3)16-12-7-18-20-17(12)19-15(21)9-24-16/h4-7,10,16H,8-9H2,1-3H3,(H2,18,19,20,21)/t16-/m1/s1. The van der Waals surface area contributed by atoms with E-state index in [0.717, 1.165) is 16.9 Å². The molecule has 0 unspecified atom stereocenters. The number of H-pyrrole nitrogens is 1. The summed E-state index contributed by atoms with van der Waals surface area (Å²) in [5, 5.41) is 9.77. The number of hydrogen-bond acceptors (Lipinski definition) is 5. The number of methoxy groups -OCH3 is 1. The van der Waals surface area contributed by atoms with Crippen molar-refractivity contribution >= 4 is 23.5 Å². The third-order valence-corrected chi connectivity index (χ3v) is 4.95. The van der Waals surface area contributed by atoms with E-state index < -0.39 is 0 Å². The average molecular weight is 347 g/mol. The van der Waals surface area contributed by atoms with Crippen LogP contribution in [0.5, 0.6) is 11.5 Å². The number of carbonyl (C=O) groups excluding carboxylic acids is 1. The summed E-state index contributed by atoms with van der Waals surface area (Å²) in [5.74, 6) is 2.88. The second kappa shape index (κ2) is 7.17. The van der Waals surface area contributed by atoms with Gasteiger partial charge in [0.05, 0.1) is 30.9 Å². The molecule has 128 valence electrons. The number of ether oxygens (including phenoxy) is 2. The van der Waals surface area contributed by atoms with Crippen molar-refractivity contribution in [3.8, 4) is 11.5 Å². The van der Waals surface area contributed by atoms with Gasteiger partial charge in [-0.05, 0) is 23.6 Å². The Morgan fingerprint density at radius 3 is 2.96 bits per heavy atom. The molecular weight excluding hydrogens is 326 g/mol. The van der Waals surface area contributed by atoms with Gasteiger partial charge in [-0.2, -0.15) is 5.10 Å². The molecule has 1 aliphatic rings. The lowest BCUT2D eigenvalue weighted by molar-refractivity contribution is -0.113. The zero-order chi connectivity index (χ0) is 17.1. The van der Waals surface area contributed by atoms with Gasteiger partial charge in [-0.25, -0.2) is 0 Å². The summed E-state index contributed by atoms with van der Waals surface area (Å²) in [6.45, 7) is 4.83. The molecule has 1 aromatic carbocycles. The molecule has 0 fully saturated rings. The van der Waals surface area contributed by atoms with Crippen LogP contribution in [0.25, 0.3) is 0 Å². The first-order valence-electron chi connectivity index (χ1n) is 7.84. The summed E-state index contributed by atoms with van der Waals surface area (Å²) in [4.78, 5) is 11.8. The molecule has 0 bridgehead atoms. The van der Waals surface area contributed by atoms with Crippen molar-refractivity contribution in [3.63, 3.8) is 0 Å². The van der Waals surface area contributed by atoms with Crippen LogP contribution in [0.1, 0.15) is 30.2 Å². The second-order valence-corrected chi connectivity index (χ2v) is 7.15. The molecule has 7 heteroatoms. The van der Waals surface area contributed by atoms with Crippen LogP contribution < -0.4 is 14.8 Å². The Bertz CT molecular complexity index is 730. The summed E-state index contributed by atoms with van der Waals surface area (Å²) < 4.78 is 11.3. The highest BCUT2D eigenvalue weighted by molar-refractivity contribution is 8.00. The molecule has 2 heterocycles. The highest BCUT2D eigenvalue weighted by Gasteiger charge is 2.26. The Balaban J connectivity index is 1.94. The summed E-state index contributed by atoms with van der Waals surface area (Å²) in [5.41, 5.74) is 2.02. The van der Waals surface area contributed by atoms with Crippen LogP contribution in [0.3, 0.4) is 0 Å². The highest BCUT2D eigenvalue weighted by Crippen LogP contribution is 2.43. The number of fused-ring (bicyclic) bond motifs is 1. The molecule has 3 rings (SSSR count). The third kappa shape index (κ3) is 3.51. The van der Waals surface area contributed by atoms with Crippen molar-refractivity contribution in [1.29, 1.82) is 0 Å². The van der Waals surface area contributed by atoms with Gasteiger partial charge in [0.25, 0.3) is 0 Å². The molecule has 2 N–H and O–H groups in total. The maximum Gasteiger partial charge on any atom is 0.235 e. The highest BCUT2D eigenvalue weighted by atomic mass is 32.2. The first-order chi connectivity index (χ1) is 11.6. The minimum absolute atomic E-state index is 0.00464. The van der Waals surface area contributed by atoms with Crippen LogP contribution in [0.15, 0.2) is 24.4 Å². The average Bonchev–Trinajstić information content (AvgIpc) is 2.94. The number of anilines is 1. The predicted molar refractivity (Wildman–Crippen MR) is 94.8 cm³/mol. The van der Waals surface area contributed by atoms with Gasteiger partial charge in [0, 0.05) is 5.56 Å². The first kappa shape index (κ1) is 16.7. The van der Waals surface area contributed by atoms with E-state index in [4.69, 9.17) is 9.47 Å². The quantitative estimate of drug-likeness (QED) is 0.868. The van der Waals surface area contributed by atoms with Crippen LogP contribution in [0.4, 0.5) is 5.82 Å². The number of nitrogens with zero attached hydrogens (tertiary/aromatic N) is 1. The molecule has 1 atom stereocenters. The maximum atomic E-state index is 11.8. The van der Waals surface area contributed by atoms with Crippen molar-refractivity contribution in [2.45, 2.75) is 19.1 Å². The van der Waals surface area contributed by atoms with Gasteiger partial charge in [0.15, 0.2) is 11.5 Å². The molecule has 6 nitrogen and oxygen atoms in total. The van der Waals surface area contributed by atoms with E-state index in [0.29, 0.717) is 29.8 Å². The fourth-order valence-electron chi connectivity index (χ4n) is 2.52. The molecule has 0 saturated carbocycles. The topological polar surface area (TPSA) is 76.2 Å². The van der Waals surface area contributed by atoms with Crippen molar-refractivity contribution < 1.29 is 14.3 Å². The first-order valence-corrected chi connectivity index (χ1v) is 8.88. The summed E-state index contributed by atoms with van der Waals surface area (Å²) in [6.07, 6.45) is 1.76. The Kier molecular flexibility index (Phi) is 4.99. The summed E-state index contributed by atoms with van der Waals surface area (Å²) in [7, 11) is 1.63. The number of amides is 1. The summed E-state index contributed by atoms with van der Waals surface area (Å²) in [6, 6.07) is 5.90. The van der Waals surface area contributed by atoms with Crippen LogP contribution >= 0.6 is 11.8 Å². The van der Waals surface area contributed by atoms with E-state index >= 15 is 0 Å². The van der Waals surface area contributed by atoms with E-state index in [9.17, 15) is 4.79 Å². The van der Waals surface area contributed by atoms with E-state index in [1.54, 1.807) is 25.1 Å². The lowest BCUT2D eigenvalue weighted by Gasteiger charge is -2.18. The van der Waals surface area contributed by atoms with Crippen LogP contribution in [0.2, 0.25) is 0 Å². The van der Waals surface area contributed by atoms with Crippen LogP contribution in [-0.2, 0) is 4.79 Å². The zero-order valence-corrected chi connectivity index (χ0v) is 14.8. The summed E-state index contributed by atoms with van der Waals surface area (Å²) >= 11 is 1.57. The van der Waals surface area contributed by atoms with Crippen molar-refractivity contribution in [2.75, 3.05) is 24.8 Å². The zero-order valence-electron chi connectivity index (χ0n) is 14.0. The number of aromatic nitrogens is 2. The Labute approximate surface area is 145 Å². The van der Waals surface area contributed by atoms with Crippen molar-refractivity contribution in [1.82, 2.24) is 10.2 Å². The van der Waals surface area contributed by atoms with Gasteiger partial charge in [0.2, 0.25) is 5.91 Å². The molecule has 1 aliphatic heterocycles. The Morgan fingerprint density at radius 2 is 2.21 bits per heavy atom. The molecule has 24 heavy (non-hydrogen) atoms. The molecule has 2 aromatic rings. The van der Waals surface area contributed by atoms with Crippen molar-refractivity contribution in [3.05, 3.63) is 35.5 Å². The van der Waals surface area contributed by atoms with Crippen LogP contribution in [0, 0.1) is 5.92 Å². The van der Waals surface area contributed by atoms with Gasteiger partial charge < -0.3 is 14.8 Å². The normalized spacial score (nSPS) is 17.2. The van der Waals surface area contributed by atoms with Gasteiger partial charge in [-0.15, -0.1) is 11.8 Å². The smallest absolute Gasteiger partial charge is 0.235 e. The predicted octanol–water partition coefficient (Wildman–Crippen LogP) is 3.23. The van der Waals surface area contributed by atoms with E-state index in [2.05, 4.69) is 29.4 Å². The number of aromatic amines is 1. The number of rotatable bonds is 5. The maximum absolute atomic E-state index is 11.8. The van der Waals surface area contributed by atoms with Crippen molar-refractivity contribution in [2.24, 2.45) is 5.92 Å². The minimum Gasteiger partial charge on any atom is -0.493 e. The number of carbonyl (C=O) groups is 1. The van der Waals surface area contributed by atoms with E-state index in [-0.39, 0.29) is 11.2 Å². The molecule has 1 aromatic heterocycles. The Hall–Kier alpha value is -2.15. The second-order valence-electron chi connectivity index (χ2n) is 6.05. The number of thioether (sulfide) groups is 1. The van der Waals surface area contributed by atoms with Gasteiger partial charge in [-0.3, -0.25) is 9.89 Å². The lowest BCUT2D eigenvalue weighted by atomic mass is 10.1. The minimum atomic E-state index is -0.0298. The molecular formula is C17H21N3O3S. The molecule has 0 spiro atoms. The number of nitrogens with one attached hydrogen (secondary N) is 2. The SMILES string of the molecule is COc1ccc([C@H]2SCC(=O)Nc3[nH]ncc32)cc1OCC(C)C. The van der Waals surface area contributed by atoms with E-state index in [1.807, 2.05) is 18.2 Å². The Morgan fingerprint density at radius 1 is 1.38 bits per heavy atom.